The molecule has 136 valence electrons. The van der Waals surface area contributed by atoms with Crippen molar-refractivity contribution in [3.8, 4) is 0 Å². The van der Waals surface area contributed by atoms with Crippen molar-refractivity contribution in [2.45, 2.75) is 26.7 Å². The van der Waals surface area contributed by atoms with Crippen LogP contribution in [0.3, 0.4) is 0 Å². The minimum atomic E-state index is -0.655. The highest BCUT2D eigenvalue weighted by atomic mass is 16.5. The van der Waals surface area contributed by atoms with Crippen molar-refractivity contribution >= 4 is 17.7 Å². The van der Waals surface area contributed by atoms with Gasteiger partial charge in [-0.3, -0.25) is 14.4 Å². The molecule has 1 amide bonds. The van der Waals surface area contributed by atoms with Crippen LogP contribution in [0.2, 0.25) is 0 Å². The summed E-state index contributed by atoms with van der Waals surface area (Å²) in [5, 5.41) is 2.48. The zero-order chi connectivity index (χ0) is 19.1. The molecule has 0 aliphatic carbocycles. The third-order valence-corrected chi connectivity index (χ3v) is 3.97. The van der Waals surface area contributed by atoms with Gasteiger partial charge in [0.1, 0.15) is 6.54 Å². The van der Waals surface area contributed by atoms with Gasteiger partial charge in [-0.25, -0.2) is 0 Å². The fourth-order valence-electron chi connectivity index (χ4n) is 2.29. The number of carbonyl (C=O) groups is 3. The summed E-state index contributed by atoms with van der Waals surface area (Å²) in [5.74, 6) is -0.914. The van der Waals surface area contributed by atoms with Crippen LogP contribution >= 0.6 is 0 Å². The SMILES string of the molecule is Cc1ccc(C(=O)NCC(=O)OCC(=O)c2ccc(C(C)C)cc2)cc1. The molecule has 0 aliphatic rings. The van der Waals surface area contributed by atoms with E-state index < -0.39 is 5.97 Å². The predicted molar refractivity (Wildman–Crippen MR) is 99.3 cm³/mol. The molecule has 2 aromatic rings. The van der Waals surface area contributed by atoms with E-state index in [4.69, 9.17) is 4.74 Å². The Bertz CT molecular complexity index is 777. The van der Waals surface area contributed by atoms with Crippen LogP contribution in [0.5, 0.6) is 0 Å². The fourth-order valence-corrected chi connectivity index (χ4v) is 2.29. The zero-order valence-electron chi connectivity index (χ0n) is 15.2. The second kappa shape index (κ2) is 8.94. The number of esters is 1. The van der Waals surface area contributed by atoms with Gasteiger partial charge in [-0.1, -0.05) is 55.8 Å². The lowest BCUT2D eigenvalue weighted by Crippen LogP contribution is -2.31. The van der Waals surface area contributed by atoms with E-state index in [1.165, 1.54) is 0 Å². The van der Waals surface area contributed by atoms with Crippen LogP contribution in [-0.4, -0.2) is 30.8 Å². The van der Waals surface area contributed by atoms with Crippen LogP contribution < -0.4 is 5.32 Å². The molecule has 0 saturated heterocycles. The quantitative estimate of drug-likeness (QED) is 0.612. The molecule has 5 heteroatoms. The number of rotatable bonds is 7. The van der Waals surface area contributed by atoms with Crippen LogP contribution in [0.25, 0.3) is 0 Å². The van der Waals surface area contributed by atoms with Crippen molar-refractivity contribution in [2.24, 2.45) is 0 Å². The first-order valence-corrected chi connectivity index (χ1v) is 8.50. The van der Waals surface area contributed by atoms with E-state index in [-0.39, 0.29) is 24.8 Å². The molecule has 0 bridgehead atoms. The molecule has 2 aromatic carbocycles. The molecule has 0 aromatic heterocycles. The molecule has 0 radical (unpaired) electrons. The summed E-state index contributed by atoms with van der Waals surface area (Å²) in [6, 6.07) is 14.2. The van der Waals surface area contributed by atoms with E-state index in [1.54, 1.807) is 24.3 Å². The lowest BCUT2D eigenvalue weighted by atomic mass is 10.0. The van der Waals surface area contributed by atoms with Crippen molar-refractivity contribution < 1.29 is 19.1 Å². The Morgan fingerprint density at radius 2 is 1.50 bits per heavy atom. The van der Waals surface area contributed by atoms with Gasteiger partial charge >= 0.3 is 5.97 Å². The van der Waals surface area contributed by atoms with Crippen molar-refractivity contribution in [1.29, 1.82) is 0 Å². The number of hydrogen-bond donors (Lipinski definition) is 1. The summed E-state index contributed by atoms with van der Waals surface area (Å²) in [5.41, 5.74) is 3.13. The van der Waals surface area contributed by atoms with E-state index in [1.807, 2.05) is 31.2 Å². The van der Waals surface area contributed by atoms with Gasteiger partial charge in [0.15, 0.2) is 12.4 Å². The van der Waals surface area contributed by atoms with Gasteiger partial charge in [-0.15, -0.1) is 0 Å². The summed E-state index contributed by atoms with van der Waals surface area (Å²) in [6.45, 7) is 5.44. The predicted octanol–water partition coefficient (Wildman–Crippen LogP) is 3.27. The largest absolute Gasteiger partial charge is 0.456 e. The second-order valence-electron chi connectivity index (χ2n) is 6.41. The molecule has 0 aliphatic heterocycles. The summed E-state index contributed by atoms with van der Waals surface area (Å²) in [4.78, 5) is 35.7. The number of benzene rings is 2. The van der Waals surface area contributed by atoms with Crippen LogP contribution in [0.4, 0.5) is 0 Å². The maximum Gasteiger partial charge on any atom is 0.325 e. The molecule has 0 spiro atoms. The molecule has 0 heterocycles. The Balaban J connectivity index is 1.78. The van der Waals surface area contributed by atoms with Crippen molar-refractivity contribution in [2.75, 3.05) is 13.2 Å². The number of amides is 1. The van der Waals surface area contributed by atoms with E-state index in [2.05, 4.69) is 19.2 Å². The highest BCUT2D eigenvalue weighted by Crippen LogP contribution is 2.15. The Labute approximate surface area is 153 Å². The number of Topliss-reactive ketones (excluding diaryl/α,β-unsaturated/α-hetero) is 1. The van der Waals surface area contributed by atoms with Crippen LogP contribution in [0, 0.1) is 6.92 Å². The average molecular weight is 353 g/mol. The molecule has 1 N–H and O–H groups in total. The van der Waals surface area contributed by atoms with E-state index in [9.17, 15) is 14.4 Å². The first kappa shape index (κ1) is 19.4. The topological polar surface area (TPSA) is 72.5 Å². The van der Waals surface area contributed by atoms with E-state index in [0.717, 1.165) is 11.1 Å². The average Bonchev–Trinajstić information content (AvgIpc) is 2.64. The van der Waals surface area contributed by atoms with Crippen LogP contribution in [-0.2, 0) is 9.53 Å². The van der Waals surface area contributed by atoms with Gasteiger partial charge in [-0.05, 0) is 30.5 Å². The molecular formula is C21H23NO4. The standard InChI is InChI=1S/C21H23NO4/c1-14(2)16-8-10-17(11-9-16)19(23)13-26-20(24)12-22-21(25)18-6-4-15(3)5-7-18/h4-11,14H,12-13H2,1-3H3,(H,22,25). The molecular weight excluding hydrogens is 330 g/mol. The van der Waals surface area contributed by atoms with Gasteiger partial charge in [-0.2, -0.15) is 0 Å². The normalized spacial score (nSPS) is 10.5. The molecule has 2 rings (SSSR count). The lowest BCUT2D eigenvalue weighted by molar-refractivity contribution is -0.141. The Hall–Kier alpha value is -2.95. The number of ketones is 1. The number of aryl methyl sites for hydroxylation is 1. The summed E-state index contributed by atoms with van der Waals surface area (Å²) < 4.78 is 4.94. The van der Waals surface area contributed by atoms with E-state index in [0.29, 0.717) is 17.0 Å². The van der Waals surface area contributed by atoms with Gasteiger partial charge in [0.2, 0.25) is 0 Å². The second-order valence-corrected chi connectivity index (χ2v) is 6.41. The van der Waals surface area contributed by atoms with Gasteiger partial charge in [0, 0.05) is 11.1 Å². The molecule has 0 fully saturated rings. The van der Waals surface area contributed by atoms with Gasteiger partial charge < -0.3 is 10.1 Å². The smallest absolute Gasteiger partial charge is 0.325 e. The lowest BCUT2D eigenvalue weighted by Gasteiger charge is -2.08. The minimum absolute atomic E-state index is 0.279. The highest BCUT2D eigenvalue weighted by Gasteiger charge is 2.12. The van der Waals surface area contributed by atoms with E-state index >= 15 is 0 Å². The Kier molecular flexibility index (Phi) is 6.67. The summed E-state index contributed by atoms with van der Waals surface area (Å²) in [7, 11) is 0. The molecule has 5 nitrogen and oxygen atoms in total. The maximum atomic E-state index is 12.1. The Morgan fingerprint density at radius 1 is 0.923 bits per heavy atom. The third kappa shape index (κ3) is 5.55. The number of hydrogen-bond acceptors (Lipinski definition) is 4. The first-order chi connectivity index (χ1) is 12.4. The van der Waals surface area contributed by atoms with Gasteiger partial charge in [0.05, 0.1) is 0 Å². The van der Waals surface area contributed by atoms with Crippen molar-refractivity contribution in [3.05, 3.63) is 70.8 Å². The van der Waals surface area contributed by atoms with Gasteiger partial charge in [0.25, 0.3) is 5.91 Å². The fraction of sp³-hybridized carbons (Fsp3) is 0.286. The first-order valence-electron chi connectivity index (χ1n) is 8.50. The molecule has 26 heavy (non-hydrogen) atoms. The number of nitrogens with one attached hydrogen (secondary N) is 1. The van der Waals surface area contributed by atoms with Crippen molar-refractivity contribution in [3.63, 3.8) is 0 Å². The third-order valence-electron chi connectivity index (χ3n) is 3.97. The zero-order valence-corrected chi connectivity index (χ0v) is 15.2. The van der Waals surface area contributed by atoms with Crippen molar-refractivity contribution in [1.82, 2.24) is 5.32 Å². The van der Waals surface area contributed by atoms with Crippen LogP contribution in [0.15, 0.2) is 48.5 Å². The number of carbonyl (C=O) groups excluding carboxylic acids is 3. The summed E-state index contributed by atoms with van der Waals surface area (Å²) >= 11 is 0. The molecule has 0 atom stereocenters. The monoisotopic (exact) mass is 353 g/mol. The summed E-state index contributed by atoms with van der Waals surface area (Å²) in [6.07, 6.45) is 0. The molecule has 0 saturated carbocycles. The maximum absolute atomic E-state index is 12.1. The number of ether oxygens (including phenoxy) is 1. The highest BCUT2D eigenvalue weighted by molar-refractivity contribution is 5.98. The minimum Gasteiger partial charge on any atom is -0.456 e. The molecule has 0 unspecified atom stereocenters. The Morgan fingerprint density at radius 3 is 2.08 bits per heavy atom. The van der Waals surface area contributed by atoms with Crippen LogP contribution in [0.1, 0.15) is 51.6 Å².